The predicted octanol–water partition coefficient (Wildman–Crippen LogP) is 2.85. The standard InChI is InChI=1S/C15H23BrN2O2/c1-4-11(2)18-15(19)7-8-17-10-12-9-13(20-3)5-6-14(12)16/h5-6,9,11,17H,4,7-8,10H2,1-3H3,(H,18,19). The summed E-state index contributed by atoms with van der Waals surface area (Å²) in [6, 6.07) is 6.10. The zero-order valence-corrected chi connectivity index (χ0v) is 13.9. The van der Waals surface area contributed by atoms with Gasteiger partial charge in [-0.3, -0.25) is 4.79 Å². The van der Waals surface area contributed by atoms with Gasteiger partial charge in [-0.25, -0.2) is 0 Å². The lowest BCUT2D eigenvalue weighted by molar-refractivity contribution is -0.121. The van der Waals surface area contributed by atoms with E-state index in [1.807, 2.05) is 25.1 Å². The third kappa shape index (κ3) is 5.92. The number of carbonyl (C=O) groups is 1. The van der Waals surface area contributed by atoms with Crippen LogP contribution in [0.15, 0.2) is 22.7 Å². The number of halogens is 1. The van der Waals surface area contributed by atoms with E-state index >= 15 is 0 Å². The van der Waals surface area contributed by atoms with Crippen LogP contribution < -0.4 is 15.4 Å². The third-order valence-corrected chi connectivity index (χ3v) is 3.89. The Morgan fingerprint density at radius 3 is 2.85 bits per heavy atom. The number of hydrogen-bond donors (Lipinski definition) is 2. The van der Waals surface area contributed by atoms with Crippen LogP contribution in [0.4, 0.5) is 0 Å². The van der Waals surface area contributed by atoms with Crippen LogP contribution in [0.25, 0.3) is 0 Å². The van der Waals surface area contributed by atoms with Gasteiger partial charge in [-0.15, -0.1) is 0 Å². The fourth-order valence-electron chi connectivity index (χ4n) is 1.69. The largest absolute Gasteiger partial charge is 0.497 e. The molecule has 0 aliphatic rings. The monoisotopic (exact) mass is 342 g/mol. The van der Waals surface area contributed by atoms with Crippen molar-refractivity contribution in [2.45, 2.75) is 39.3 Å². The first kappa shape index (κ1) is 17.0. The van der Waals surface area contributed by atoms with E-state index in [1.165, 1.54) is 0 Å². The second-order valence-corrected chi connectivity index (χ2v) is 5.62. The zero-order valence-electron chi connectivity index (χ0n) is 12.3. The van der Waals surface area contributed by atoms with Gasteiger partial charge in [-0.1, -0.05) is 22.9 Å². The second kappa shape index (κ2) is 8.97. The molecule has 1 atom stereocenters. The molecule has 0 spiro atoms. The van der Waals surface area contributed by atoms with Crippen molar-refractivity contribution in [2.24, 2.45) is 0 Å². The van der Waals surface area contributed by atoms with Crippen LogP contribution in [-0.4, -0.2) is 25.6 Å². The molecule has 0 saturated heterocycles. The van der Waals surface area contributed by atoms with E-state index in [-0.39, 0.29) is 11.9 Å². The van der Waals surface area contributed by atoms with Gasteiger partial charge < -0.3 is 15.4 Å². The van der Waals surface area contributed by atoms with Crippen molar-refractivity contribution in [3.8, 4) is 5.75 Å². The van der Waals surface area contributed by atoms with Gasteiger partial charge in [0, 0.05) is 30.0 Å². The molecule has 5 heteroatoms. The molecule has 2 N–H and O–H groups in total. The first-order valence-corrected chi connectivity index (χ1v) is 7.68. The summed E-state index contributed by atoms with van der Waals surface area (Å²) in [6.07, 6.45) is 1.45. The molecule has 4 nitrogen and oxygen atoms in total. The van der Waals surface area contributed by atoms with E-state index in [2.05, 4.69) is 33.5 Å². The molecular formula is C15H23BrN2O2. The van der Waals surface area contributed by atoms with Crippen molar-refractivity contribution < 1.29 is 9.53 Å². The zero-order chi connectivity index (χ0) is 15.0. The van der Waals surface area contributed by atoms with Crippen LogP contribution in [0, 0.1) is 0 Å². The molecule has 112 valence electrons. The molecule has 0 radical (unpaired) electrons. The van der Waals surface area contributed by atoms with E-state index in [1.54, 1.807) is 7.11 Å². The van der Waals surface area contributed by atoms with Crippen molar-refractivity contribution in [3.05, 3.63) is 28.2 Å². The third-order valence-electron chi connectivity index (χ3n) is 3.12. The maximum Gasteiger partial charge on any atom is 0.221 e. The van der Waals surface area contributed by atoms with E-state index in [0.29, 0.717) is 19.5 Å². The van der Waals surface area contributed by atoms with Crippen molar-refractivity contribution in [2.75, 3.05) is 13.7 Å². The Balaban J connectivity index is 2.32. The number of hydrogen-bond acceptors (Lipinski definition) is 3. The second-order valence-electron chi connectivity index (χ2n) is 4.76. The average Bonchev–Trinajstić information content (AvgIpc) is 2.45. The summed E-state index contributed by atoms with van der Waals surface area (Å²) in [4.78, 5) is 11.6. The summed E-state index contributed by atoms with van der Waals surface area (Å²) in [7, 11) is 1.65. The van der Waals surface area contributed by atoms with Crippen LogP contribution >= 0.6 is 15.9 Å². The van der Waals surface area contributed by atoms with E-state index in [4.69, 9.17) is 4.74 Å². The van der Waals surface area contributed by atoms with Crippen molar-refractivity contribution in [1.82, 2.24) is 10.6 Å². The Morgan fingerprint density at radius 1 is 1.45 bits per heavy atom. The number of rotatable bonds is 8. The molecule has 1 aromatic carbocycles. The van der Waals surface area contributed by atoms with E-state index < -0.39 is 0 Å². The summed E-state index contributed by atoms with van der Waals surface area (Å²) in [5.41, 5.74) is 1.12. The van der Waals surface area contributed by atoms with Crippen LogP contribution in [0.2, 0.25) is 0 Å². The molecule has 0 fully saturated rings. The Kier molecular flexibility index (Phi) is 7.62. The van der Waals surface area contributed by atoms with E-state index in [9.17, 15) is 4.79 Å². The fraction of sp³-hybridized carbons (Fsp3) is 0.533. The highest BCUT2D eigenvalue weighted by Crippen LogP contribution is 2.22. The van der Waals surface area contributed by atoms with Gasteiger partial charge in [-0.05, 0) is 37.1 Å². The van der Waals surface area contributed by atoms with Crippen molar-refractivity contribution in [1.29, 1.82) is 0 Å². The van der Waals surface area contributed by atoms with Crippen molar-refractivity contribution in [3.63, 3.8) is 0 Å². The molecular weight excluding hydrogens is 320 g/mol. The lowest BCUT2D eigenvalue weighted by Crippen LogP contribution is -2.33. The minimum atomic E-state index is 0.0940. The summed E-state index contributed by atoms with van der Waals surface area (Å²) < 4.78 is 6.23. The van der Waals surface area contributed by atoms with Gasteiger partial charge in [0.2, 0.25) is 5.91 Å². The van der Waals surface area contributed by atoms with Crippen LogP contribution in [-0.2, 0) is 11.3 Å². The minimum Gasteiger partial charge on any atom is -0.497 e. The fourth-order valence-corrected chi connectivity index (χ4v) is 2.07. The number of nitrogens with one attached hydrogen (secondary N) is 2. The molecule has 0 saturated carbocycles. The summed E-state index contributed by atoms with van der Waals surface area (Å²) in [6.45, 7) is 5.43. The van der Waals surface area contributed by atoms with Gasteiger partial charge in [-0.2, -0.15) is 0 Å². The highest BCUT2D eigenvalue weighted by Gasteiger charge is 2.06. The van der Waals surface area contributed by atoms with Crippen LogP contribution in [0.5, 0.6) is 5.75 Å². The summed E-state index contributed by atoms with van der Waals surface area (Å²) in [5.74, 6) is 0.927. The molecule has 20 heavy (non-hydrogen) atoms. The van der Waals surface area contributed by atoms with Gasteiger partial charge in [0.05, 0.1) is 7.11 Å². The predicted molar refractivity (Wildman–Crippen MR) is 84.9 cm³/mol. The SMILES string of the molecule is CCC(C)NC(=O)CCNCc1cc(OC)ccc1Br. The molecule has 1 unspecified atom stereocenters. The smallest absolute Gasteiger partial charge is 0.221 e. The molecule has 1 amide bonds. The maximum absolute atomic E-state index is 11.6. The average molecular weight is 343 g/mol. The topological polar surface area (TPSA) is 50.4 Å². The first-order valence-electron chi connectivity index (χ1n) is 6.89. The van der Waals surface area contributed by atoms with E-state index in [0.717, 1.165) is 22.2 Å². The quantitative estimate of drug-likeness (QED) is 0.714. The summed E-state index contributed by atoms with van der Waals surface area (Å²) >= 11 is 3.51. The highest BCUT2D eigenvalue weighted by atomic mass is 79.9. The lowest BCUT2D eigenvalue weighted by atomic mass is 10.2. The number of ether oxygens (including phenoxy) is 1. The molecule has 0 heterocycles. The number of benzene rings is 1. The Hall–Kier alpha value is -1.07. The van der Waals surface area contributed by atoms with Crippen molar-refractivity contribution >= 4 is 21.8 Å². The van der Waals surface area contributed by atoms with Gasteiger partial charge in [0.15, 0.2) is 0 Å². The van der Waals surface area contributed by atoms with Gasteiger partial charge in [0.1, 0.15) is 5.75 Å². The number of carbonyl (C=O) groups excluding carboxylic acids is 1. The van der Waals surface area contributed by atoms with Crippen LogP contribution in [0.3, 0.4) is 0 Å². The van der Waals surface area contributed by atoms with Crippen LogP contribution in [0.1, 0.15) is 32.3 Å². The number of amides is 1. The van der Waals surface area contributed by atoms with Gasteiger partial charge >= 0.3 is 0 Å². The summed E-state index contributed by atoms with van der Waals surface area (Å²) in [5, 5.41) is 6.22. The minimum absolute atomic E-state index is 0.0940. The molecule has 1 aromatic rings. The molecule has 0 aromatic heterocycles. The maximum atomic E-state index is 11.6. The molecule has 0 bridgehead atoms. The molecule has 0 aliphatic heterocycles. The first-order chi connectivity index (χ1) is 9.56. The Morgan fingerprint density at radius 2 is 2.20 bits per heavy atom. The Bertz CT molecular complexity index is 438. The lowest BCUT2D eigenvalue weighted by Gasteiger charge is -2.12. The molecule has 1 rings (SSSR count). The Labute approximate surface area is 129 Å². The molecule has 0 aliphatic carbocycles. The normalized spacial score (nSPS) is 12.0. The number of methoxy groups -OCH3 is 1. The van der Waals surface area contributed by atoms with Gasteiger partial charge in [0.25, 0.3) is 0 Å². The highest BCUT2D eigenvalue weighted by molar-refractivity contribution is 9.10.